The molecule has 4 rings (SSSR count). The first-order valence-electron chi connectivity index (χ1n) is 8.49. The molecule has 3 heterocycles. The molecule has 0 amide bonds. The number of nitrogens with zero attached hydrogens (tertiary/aromatic N) is 7. The number of para-hydroxylation sites is 1. The summed E-state index contributed by atoms with van der Waals surface area (Å²) < 4.78 is 43.1. The van der Waals surface area contributed by atoms with Gasteiger partial charge in [-0.1, -0.05) is 23.4 Å². The molecule has 9 nitrogen and oxygen atoms in total. The Morgan fingerprint density at radius 1 is 0.933 bits per heavy atom. The van der Waals surface area contributed by atoms with Crippen molar-refractivity contribution in [3.63, 3.8) is 0 Å². The first-order chi connectivity index (χ1) is 14.3. The van der Waals surface area contributed by atoms with Gasteiger partial charge >= 0.3 is 6.18 Å². The Morgan fingerprint density at radius 2 is 1.70 bits per heavy atom. The maximum Gasteiger partial charge on any atom is 0.417 e. The van der Waals surface area contributed by atoms with Crippen LogP contribution in [0.1, 0.15) is 5.56 Å². The molecule has 3 aromatic heterocycles. The number of pyridine rings is 1. The van der Waals surface area contributed by atoms with Crippen molar-refractivity contribution in [1.82, 2.24) is 30.1 Å². The van der Waals surface area contributed by atoms with Crippen LogP contribution in [0.25, 0.3) is 23.2 Å². The molecule has 1 aromatic carbocycles. The highest BCUT2D eigenvalue weighted by Gasteiger charge is 2.31. The summed E-state index contributed by atoms with van der Waals surface area (Å²) in [4.78, 5) is 21.9. The van der Waals surface area contributed by atoms with Gasteiger partial charge in [0, 0.05) is 18.9 Å². The number of rotatable bonds is 4. The van der Waals surface area contributed by atoms with Crippen molar-refractivity contribution >= 4 is 17.6 Å². The van der Waals surface area contributed by atoms with Gasteiger partial charge in [-0.05, 0) is 24.3 Å². The van der Waals surface area contributed by atoms with Gasteiger partial charge in [0.25, 0.3) is 5.89 Å². The Morgan fingerprint density at radius 3 is 2.37 bits per heavy atom. The minimum Gasteiger partial charge on any atom is -0.368 e. The van der Waals surface area contributed by atoms with Gasteiger partial charge in [0.15, 0.2) is 0 Å². The van der Waals surface area contributed by atoms with Gasteiger partial charge in [-0.3, -0.25) is 4.98 Å². The number of nitrogen functional groups attached to an aromatic ring is 1. The van der Waals surface area contributed by atoms with Crippen LogP contribution in [0.15, 0.2) is 53.2 Å². The molecule has 0 aliphatic rings. The Kier molecular flexibility index (Phi) is 4.74. The molecule has 0 aliphatic heterocycles. The standard InChI is InChI=1S/C18H13F3N8O/c1-29(11-5-3-2-4-6-11)17-26-13(25-16(22)27-17)14-24-15(30-28-14)12-8-7-10(9-23-12)18(19,20)21/h2-9H,1H3,(H2,22,25,26,27). The van der Waals surface area contributed by atoms with E-state index < -0.39 is 11.7 Å². The topological polar surface area (TPSA) is 120 Å². The first-order valence-corrected chi connectivity index (χ1v) is 8.49. The van der Waals surface area contributed by atoms with Crippen LogP contribution in [0.2, 0.25) is 0 Å². The second kappa shape index (κ2) is 7.39. The maximum absolute atomic E-state index is 12.7. The maximum atomic E-state index is 12.7. The predicted octanol–water partition coefficient (Wildman–Crippen LogP) is 3.35. The SMILES string of the molecule is CN(c1ccccc1)c1nc(N)nc(-c2noc(-c3ccc(C(F)(F)F)cn3)n2)n1. The normalized spacial score (nSPS) is 11.5. The number of alkyl halides is 3. The Balaban J connectivity index is 1.64. The number of halogens is 3. The average molecular weight is 414 g/mol. The van der Waals surface area contributed by atoms with E-state index in [2.05, 4.69) is 30.1 Å². The fraction of sp³-hybridized carbons (Fsp3) is 0.111. The third kappa shape index (κ3) is 3.87. The fourth-order valence-corrected chi connectivity index (χ4v) is 2.50. The third-order valence-electron chi connectivity index (χ3n) is 4.02. The predicted molar refractivity (Wildman–Crippen MR) is 100 cm³/mol. The van der Waals surface area contributed by atoms with E-state index in [9.17, 15) is 13.2 Å². The molecule has 0 unspecified atom stereocenters. The van der Waals surface area contributed by atoms with Crippen molar-refractivity contribution in [2.24, 2.45) is 0 Å². The van der Waals surface area contributed by atoms with E-state index in [1.54, 1.807) is 11.9 Å². The molecule has 0 bridgehead atoms. The van der Waals surface area contributed by atoms with Gasteiger partial charge in [-0.15, -0.1) is 0 Å². The van der Waals surface area contributed by atoms with E-state index in [4.69, 9.17) is 10.3 Å². The monoisotopic (exact) mass is 414 g/mol. The number of anilines is 3. The lowest BCUT2D eigenvalue weighted by Gasteiger charge is -2.17. The number of hydrogen-bond acceptors (Lipinski definition) is 9. The van der Waals surface area contributed by atoms with Crippen molar-refractivity contribution in [1.29, 1.82) is 0 Å². The summed E-state index contributed by atoms with van der Waals surface area (Å²) in [7, 11) is 1.75. The molecule has 0 fully saturated rings. The number of hydrogen-bond donors (Lipinski definition) is 1. The molecule has 0 atom stereocenters. The molecule has 4 aromatic rings. The van der Waals surface area contributed by atoms with Crippen LogP contribution in [0, 0.1) is 0 Å². The van der Waals surface area contributed by atoms with Crippen molar-refractivity contribution in [3.8, 4) is 23.2 Å². The van der Waals surface area contributed by atoms with Gasteiger partial charge in [-0.2, -0.15) is 33.1 Å². The second-order valence-corrected chi connectivity index (χ2v) is 6.06. The quantitative estimate of drug-likeness (QED) is 0.536. The zero-order chi connectivity index (χ0) is 21.3. The number of aromatic nitrogens is 6. The molecule has 2 N–H and O–H groups in total. The number of benzene rings is 1. The molecule has 0 spiro atoms. The zero-order valence-electron chi connectivity index (χ0n) is 15.4. The van der Waals surface area contributed by atoms with E-state index in [1.807, 2.05) is 30.3 Å². The van der Waals surface area contributed by atoms with E-state index in [-0.39, 0.29) is 35.1 Å². The van der Waals surface area contributed by atoms with Crippen LogP contribution >= 0.6 is 0 Å². The first kappa shape index (κ1) is 19.2. The molecule has 30 heavy (non-hydrogen) atoms. The second-order valence-electron chi connectivity index (χ2n) is 6.06. The van der Waals surface area contributed by atoms with E-state index >= 15 is 0 Å². The molecule has 0 saturated carbocycles. The van der Waals surface area contributed by atoms with Crippen LogP contribution in [0.4, 0.5) is 30.8 Å². The zero-order valence-corrected chi connectivity index (χ0v) is 15.4. The lowest BCUT2D eigenvalue weighted by Crippen LogP contribution is -2.15. The smallest absolute Gasteiger partial charge is 0.368 e. The summed E-state index contributed by atoms with van der Waals surface area (Å²) in [5.41, 5.74) is 5.80. The summed E-state index contributed by atoms with van der Waals surface area (Å²) in [6, 6.07) is 11.3. The van der Waals surface area contributed by atoms with E-state index in [0.29, 0.717) is 6.20 Å². The Bertz CT molecular complexity index is 1160. The highest BCUT2D eigenvalue weighted by Crippen LogP contribution is 2.30. The summed E-state index contributed by atoms with van der Waals surface area (Å²) >= 11 is 0. The van der Waals surface area contributed by atoms with Crippen molar-refractivity contribution in [2.45, 2.75) is 6.18 Å². The highest BCUT2D eigenvalue weighted by molar-refractivity contribution is 5.59. The molecular formula is C18H13F3N8O. The molecule has 0 aliphatic carbocycles. The van der Waals surface area contributed by atoms with Crippen LogP contribution in [0.3, 0.4) is 0 Å². The van der Waals surface area contributed by atoms with E-state index in [0.717, 1.165) is 17.8 Å². The van der Waals surface area contributed by atoms with Gasteiger partial charge in [0.2, 0.25) is 23.5 Å². The van der Waals surface area contributed by atoms with Crippen molar-refractivity contribution in [3.05, 3.63) is 54.2 Å². The van der Waals surface area contributed by atoms with Crippen LogP contribution in [-0.2, 0) is 6.18 Å². The van der Waals surface area contributed by atoms with Gasteiger partial charge < -0.3 is 15.2 Å². The fourth-order valence-electron chi connectivity index (χ4n) is 2.50. The van der Waals surface area contributed by atoms with E-state index in [1.165, 1.54) is 0 Å². The van der Waals surface area contributed by atoms with Crippen LogP contribution in [0.5, 0.6) is 0 Å². The number of nitrogens with two attached hydrogens (primary N) is 1. The minimum atomic E-state index is -4.49. The third-order valence-corrected chi connectivity index (χ3v) is 4.02. The summed E-state index contributed by atoms with van der Waals surface area (Å²) in [5.74, 6) is 0.140. The largest absolute Gasteiger partial charge is 0.417 e. The molecule has 0 saturated heterocycles. The Hall–Kier alpha value is -4.09. The van der Waals surface area contributed by atoms with Gasteiger partial charge in [0.1, 0.15) is 5.69 Å². The summed E-state index contributed by atoms with van der Waals surface area (Å²) in [5, 5.41) is 3.77. The molecule has 152 valence electrons. The lowest BCUT2D eigenvalue weighted by molar-refractivity contribution is -0.137. The summed E-state index contributed by atoms with van der Waals surface area (Å²) in [6.07, 6.45) is -3.80. The highest BCUT2D eigenvalue weighted by atomic mass is 19.4. The summed E-state index contributed by atoms with van der Waals surface area (Å²) in [6.45, 7) is 0. The van der Waals surface area contributed by atoms with Gasteiger partial charge in [0.05, 0.1) is 5.56 Å². The van der Waals surface area contributed by atoms with Crippen molar-refractivity contribution < 1.29 is 17.7 Å². The minimum absolute atomic E-state index is 0.0106. The molecule has 0 radical (unpaired) electrons. The van der Waals surface area contributed by atoms with Gasteiger partial charge in [-0.25, -0.2) is 0 Å². The molecule has 12 heteroatoms. The van der Waals surface area contributed by atoms with Crippen LogP contribution < -0.4 is 10.6 Å². The lowest BCUT2D eigenvalue weighted by atomic mass is 10.2. The van der Waals surface area contributed by atoms with Crippen molar-refractivity contribution in [2.75, 3.05) is 17.7 Å². The Labute approximate surface area is 167 Å². The average Bonchev–Trinajstić information content (AvgIpc) is 3.23. The van der Waals surface area contributed by atoms with Crippen LogP contribution in [-0.4, -0.2) is 37.1 Å². The molecular weight excluding hydrogens is 401 g/mol.